The molecule has 4 atom stereocenters. The Morgan fingerprint density at radius 3 is 2.59 bits per heavy atom. The summed E-state index contributed by atoms with van der Waals surface area (Å²) in [6.45, 7) is 5.37. The largest absolute Gasteiger partial charge is 0.376 e. The fraction of sp³-hybridized carbons (Fsp3) is 1.00. The van der Waals surface area contributed by atoms with Gasteiger partial charge in [-0.25, -0.2) is 0 Å². The maximum absolute atomic E-state index is 6.09. The minimum Gasteiger partial charge on any atom is -0.376 e. The molecule has 3 nitrogen and oxygen atoms in total. The van der Waals surface area contributed by atoms with Gasteiger partial charge in [-0.15, -0.1) is 0 Å². The molecule has 1 saturated carbocycles. The molecule has 0 aromatic heterocycles. The van der Waals surface area contributed by atoms with Gasteiger partial charge in [0.05, 0.1) is 6.10 Å². The zero-order valence-electron chi connectivity index (χ0n) is 11.5. The molecule has 0 saturated heterocycles. The monoisotopic (exact) mass is 242 g/mol. The van der Waals surface area contributed by atoms with Crippen molar-refractivity contribution in [2.24, 2.45) is 17.4 Å². The van der Waals surface area contributed by atoms with Crippen molar-refractivity contribution in [2.75, 3.05) is 6.61 Å². The Morgan fingerprint density at radius 1 is 1.24 bits per heavy atom. The van der Waals surface area contributed by atoms with Gasteiger partial charge in [-0.2, -0.15) is 0 Å². The van der Waals surface area contributed by atoms with Crippen LogP contribution in [-0.4, -0.2) is 24.8 Å². The van der Waals surface area contributed by atoms with Crippen molar-refractivity contribution in [1.82, 2.24) is 0 Å². The molecule has 0 aromatic rings. The van der Waals surface area contributed by atoms with E-state index in [1.54, 1.807) is 0 Å². The molecule has 0 spiro atoms. The normalized spacial score (nSPS) is 31.4. The van der Waals surface area contributed by atoms with E-state index in [1.807, 2.05) is 0 Å². The second-order valence-corrected chi connectivity index (χ2v) is 5.53. The third-order valence-corrected chi connectivity index (χ3v) is 3.96. The van der Waals surface area contributed by atoms with Gasteiger partial charge in [0, 0.05) is 18.7 Å². The fourth-order valence-corrected chi connectivity index (χ4v) is 2.58. The number of hydrogen-bond donors (Lipinski definition) is 2. The second-order valence-electron chi connectivity index (χ2n) is 5.53. The van der Waals surface area contributed by atoms with Gasteiger partial charge in [0.2, 0.25) is 0 Å². The number of nitrogens with two attached hydrogens (primary N) is 2. The highest BCUT2D eigenvalue weighted by molar-refractivity contribution is 4.85. The summed E-state index contributed by atoms with van der Waals surface area (Å²) in [5, 5.41) is 0. The lowest BCUT2D eigenvalue weighted by atomic mass is 9.89. The summed E-state index contributed by atoms with van der Waals surface area (Å²) in [5.74, 6) is 0.706. The van der Waals surface area contributed by atoms with Crippen LogP contribution in [0.5, 0.6) is 0 Å². The second kappa shape index (κ2) is 8.06. The molecule has 0 radical (unpaired) electrons. The van der Waals surface area contributed by atoms with Gasteiger partial charge in [-0.05, 0) is 31.6 Å². The van der Waals surface area contributed by atoms with Gasteiger partial charge >= 0.3 is 0 Å². The Bertz CT molecular complexity index is 199. The lowest BCUT2D eigenvalue weighted by Crippen LogP contribution is -2.46. The van der Waals surface area contributed by atoms with Crippen molar-refractivity contribution in [2.45, 2.75) is 77.0 Å². The summed E-state index contributed by atoms with van der Waals surface area (Å²) < 4.78 is 6.01. The predicted molar refractivity (Wildman–Crippen MR) is 72.8 cm³/mol. The van der Waals surface area contributed by atoms with E-state index in [1.165, 1.54) is 25.7 Å². The summed E-state index contributed by atoms with van der Waals surface area (Å²) in [4.78, 5) is 0. The van der Waals surface area contributed by atoms with Gasteiger partial charge in [0.15, 0.2) is 0 Å². The SMILES string of the molecule is CCCCC(CC)COC1CCC(N)CC1N. The first-order valence-corrected chi connectivity index (χ1v) is 7.30. The molecule has 1 fully saturated rings. The van der Waals surface area contributed by atoms with Crippen LogP contribution in [0.2, 0.25) is 0 Å². The van der Waals surface area contributed by atoms with Crippen molar-refractivity contribution in [3.8, 4) is 0 Å². The van der Waals surface area contributed by atoms with Crippen LogP contribution in [0, 0.1) is 5.92 Å². The van der Waals surface area contributed by atoms with E-state index in [2.05, 4.69) is 13.8 Å². The molecule has 1 rings (SSSR count). The smallest absolute Gasteiger partial charge is 0.0727 e. The molecule has 0 aromatic carbocycles. The average Bonchev–Trinajstić information content (AvgIpc) is 2.31. The molecule has 0 bridgehead atoms. The van der Waals surface area contributed by atoms with Gasteiger partial charge in [0.25, 0.3) is 0 Å². The highest BCUT2D eigenvalue weighted by atomic mass is 16.5. The zero-order valence-corrected chi connectivity index (χ0v) is 11.5. The van der Waals surface area contributed by atoms with Crippen molar-refractivity contribution >= 4 is 0 Å². The lowest BCUT2D eigenvalue weighted by Gasteiger charge is -2.33. The van der Waals surface area contributed by atoms with E-state index in [4.69, 9.17) is 16.2 Å². The third-order valence-electron chi connectivity index (χ3n) is 3.96. The van der Waals surface area contributed by atoms with Crippen LogP contribution in [0.3, 0.4) is 0 Å². The van der Waals surface area contributed by atoms with Gasteiger partial charge in [-0.3, -0.25) is 0 Å². The zero-order chi connectivity index (χ0) is 12.7. The maximum Gasteiger partial charge on any atom is 0.0727 e. The van der Waals surface area contributed by atoms with E-state index in [0.29, 0.717) is 5.92 Å². The molecule has 1 aliphatic rings. The van der Waals surface area contributed by atoms with Crippen molar-refractivity contribution in [3.05, 3.63) is 0 Å². The van der Waals surface area contributed by atoms with Crippen LogP contribution in [0.15, 0.2) is 0 Å². The summed E-state index contributed by atoms with van der Waals surface area (Å²) in [5.41, 5.74) is 12.0. The van der Waals surface area contributed by atoms with Gasteiger partial charge in [-0.1, -0.05) is 33.1 Å². The standard InChI is InChI=1S/C14H30N2O/c1-3-5-6-11(4-2)10-17-14-8-7-12(15)9-13(14)16/h11-14H,3-10,15-16H2,1-2H3. The molecule has 0 aliphatic heterocycles. The molecule has 0 amide bonds. The predicted octanol–water partition coefficient (Wildman–Crippen LogP) is 2.43. The number of unbranched alkanes of at least 4 members (excludes halogenated alkanes) is 1. The maximum atomic E-state index is 6.09. The summed E-state index contributed by atoms with van der Waals surface area (Å²) in [6.07, 6.45) is 8.33. The Kier molecular flexibility index (Phi) is 7.09. The van der Waals surface area contributed by atoms with Crippen LogP contribution in [0.25, 0.3) is 0 Å². The van der Waals surface area contributed by atoms with E-state index < -0.39 is 0 Å². The third kappa shape index (κ3) is 5.36. The van der Waals surface area contributed by atoms with Gasteiger partial charge in [0.1, 0.15) is 0 Å². The van der Waals surface area contributed by atoms with Crippen LogP contribution in [0.1, 0.15) is 58.8 Å². The lowest BCUT2D eigenvalue weighted by molar-refractivity contribution is -0.00890. The van der Waals surface area contributed by atoms with Crippen LogP contribution >= 0.6 is 0 Å². The Morgan fingerprint density at radius 2 is 2.00 bits per heavy atom. The number of rotatable bonds is 7. The van der Waals surface area contributed by atoms with E-state index in [0.717, 1.165) is 25.9 Å². The summed E-state index contributed by atoms with van der Waals surface area (Å²) in [7, 11) is 0. The summed E-state index contributed by atoms with van der Waals surface area (Å²) in [6, 6.07) is 0.425. The van der Waals surface area contributed by atoms with Crippen LogP contribution < -0.4 is 11.5 Å². The quantitative estimate of drug-likeness (QED) is 0.721. The molecule has 4 unspecified atom stereocenters. The minimum absolute atomic E-state index is 0.141. The highest BCUT2D eigenvalue weighted by Gasteiger charge is 2.27. The Hall–Kier alpha value is -0.120. The molecule has 3 heteroatoms. The minimum atomic E-state index is 0.141. The number of ether oxygens (including phenoxy) is 1. The molecular formula is C14H30N2O. The van der Waals surface area contributed by atoms with E-state index in [-0.39, 0.29) is 18.2 Å². The first-order chi connectivity index (χ1) is 8.17. The van der Waals surface area contributed by atoms with Crippen molar-refractivity contribution in [1.29, 1.82) is 0 Å². The van der Waals surface area contributed by atoms with Crippen LogP contribution in [-0.2, 0) is 4.74 Å². The fourth-order valence-electron chi connectivity index (χ4n) is 2.58. The first kappa shape index (κ1) is 14.9. The summed E-state index contributed by atoms with van der Waals surface area (Å²) >= 11 is 0. The van der Waals surface area contributed by atoms with Crippen LogP contribution in [0.4, 0.5) is 0 Å². The average molecular weight is 242 g/mol. The molecule has 17 heavy (non-hydrogen) atoms. The molecule has 0 heterocycles. The topological polar surface area (TPSA) is 61.3 Å². The first-order valence-electron chi connectivity index (χ1n) is 7.30. The van der Waals surface area contributed by atoms with Crippen molar-refractivity contribution in [3.63, 3.8) is 0 Å². The molecule has 1 aliphatic carbocycles. The van der Waals surface area contributed by atoms with Crippen molar-refractivity contribution < 1.29 is 4.74 Å². The van der Waals surface area contributed by atoms with Gasteiger partial charge < -0.3 is 16.2 Å². The highest BCUT2D eigenvalue weighted by Crippen LogP contribution is 2.21. The Labute approximate surface area is 106 Å². The van der Waals surface area contributed by atoms with E-state index >= 15 is 0 Å². The molecule has 4 N–H and O–H groups in total. The molecule has 102 valence electrons. The number of hydrogen-bond acceptors (Lipinski definition) is 3. The Balaban J connectivity index is 2.23. The van der Waals surface area contributed by atoms with E-state index in [9.17, 15) is 0 Å². The molecular weight excluding hydrogens is 212 g/mol.